The van der Waals surface area contributed by atoms with Gasteiger partial charge in [0.2, 0.25) is 5.01 Å². The lowest BCUT2D eigenvalue weighted by atomic mass is 10.1. The van der Waals surface area contributed by atoms with E-state index in [1.54, 1.807) is 24.3 Å². The van der Waals surface area contributed by atoms with Crippen molar-refractivity contribution in [2.45, 2.75) is 38.7 Å². The molecule has 1 fully saturated rings. The first-order valence-corrected chi connectivity index (χ1v) is 9.61. The molecule has 1 aliphatic rings. The Labute approximate surface area is 156 Å². The first kappa shape index (κ1) is 18.5. The monoisotopic (exact) mass is 374 g/mol. The zero-order valence-electron chi connectivity index (χ0n) is 14.7. The molecule has 0 radical (unpaired) electrons. The van der Waals surface area contributed by atoms with Crippen molar-refractivity contribution in [3.8, 4) is 0 Å². The quantitative estimate of drug-likeness (QED) is 0.777. The molecule has 0 spiro atoms. The van der Waals surface area contributed by atoms with Crippen molar-refractivity contribution in [3.63, 3.8) is 0 Å². The number of nitrogens with one attached hydrogen (secondary N) is 2. The zero-order valence-corrected chi connectivity index (χ0v) is 15.5. The van der Waals surface area contributed by atoms with Crippen LogP contribution in [0.2, 0.25) is 0 Å². The lowest BCUT2D eigenvalue weighted by Gasteiger charge is -2.11. The molecule has 3 rings (SSSR count). The van der Waals surface area contributed by atoms with E-state index in [2.05, 4.69) is 27.8 Å². The third-order valence-electron chi connectivity index (χ3n) is 4.02. The van der Waals surface area contributed by atoms with Crippen molar-refractivity contribution in [1.82, 2.24) is 15.5 Å². The SMILES string of the molecule is CCCc1nnc(C(=O)Nc2cccc(C(=O)NC[C@H]3CCCO3)c2)s1. The van der Waals surface area contributed by atoms with Crippen LogP contribution >= 0.6 is 11.3 Å². The van der Waals surface area contributed by atoms with Gasteiger partial charge in [0.15, 0.2) is 0 Å². The number of carbonyl (C=O) groups is 2. The van der Waals surface area contributed by atoms with Crippen molar-refractivity contribution in [3.05, 3.63) is 39.8 Å². The van der Waals surface area contributed by atoms with Crippen molar-refractivity contribution >= 4 is 28.8 Å². The Morgan fingerprint density at radius 2 is 2.19 bits per heavy atom. The largest absolute Gasteiger partial charge is 0.376 e. The Morgan fingerprint density at radius 1 is 1.31 bits per heavy atom. The van der Waals surface area contributed by atoms with E-state index >= 15 is 0 Å². The summed E-state index contributed by atoms with van der Waals surface area (Å²) in [6.45, 7) is 3.31. The van der Waals surface area contributed by atoms with Crippen LogP contribution in [0, 0.1) is 0 Å². The van der Waals surface area contributed by atoms with E-state index in [-0.39, 0.29) is 17.9 Å². The molecule has 7 nitrogen and oxygen atoms in total. The summed E-state index contributed by atoms with van der Waals surface area (Å²) in [5.74, 6) is -0.500. The molecule has 138 valence electrons. The van der Waals surface area contributed by atoms with Gasteiger partial charge in [0.05, 0.1) is 6.10 Å². The highest BCUT2D eigenvalue weighted by Gasteiger charge is 2.17. The van der Waals surface area contributed by atoms with Gasteiger partial charge in [0.1, 0.15) is 5.01 Å². The third-order valence-corrected chi connectivity index (χ3v) is 5.00. The predicted octanol–water partition coefficient (Wildman–Crippen LogP) is 2.65. The van der Waals surface area contributed by atoms with Gasteiger partial charge in [-0.15, -0.1) is 10.2 Å². The van der Waals surface area contributed by atoms with Gasteiger partial charge in [-0.2, -0.15) is 0 Å². The fraction of sp³-hybridized carbons (Fsp3) is 0.444. The van der Waals surface area contributed by atoms with Gasteiger partial charge in [-0.1, -0.05) is 24.3 Å². The standard InChI is InChI=1S/C18H22N4O3S/c1-2-5-15-21-22-18(26-15)17(24)20-13-7-3-6-12(10-13)16(23)19-11-14-8-4-9-25-14/h3,6-7,10,14H,2,4-5,8-9,11H2,1H3,(H,19,23)(H,20,24)/t14-/m1/s1. The average molecular weight is 374 g/mol. The van der Waals surface area contributed by atoms with E-state index in [1.807, 2.05) is 0 Å². The Balaban J connectivity index is 1.58. The number of nitrogens with zero attached hydrogens (tertiary/aromatic N) is 2. The fourth-order valence-electron chi connectivity index (χ4n) is 2.70. The summed E-state index contributed by atoms with van der Waals surface area (Å²) in [5.41, 5.74) is 1.04. The minimum absolute atomic E-state index is 0.0940. The maximum absolute atomic E-state index is 12.3. The minimum atomic E-state index is -0.318. The summed E-state index contributed by atoms with van der Waals surface area (Å²) in [4.78, 5) is 24.6. The highest BCUT2D eigenvalue weighted by atomic mass is 32.1. The van der Waals surface area contributed by atoms with Crippen LogP contribution in [0.4, 0.5) is 5.69 Å². The van der Waals surface area contributed by atoms with E-state index in [9.17, 15) is 9.59 Å². The second-order valence-corrected chi connectivity index (χ2v) is 7.19. The molecule has 2 N–H and O–H groups in total. The smallest absolute Gasteiger partial charge is 0.286 e. The second-order valence-electron chi connectivity index (χ2n) is 6.13. The highest BCUT2D eigenvalue weighted by Crippen LogP contribution is 2.16. The number of ether oxygens (including phenoxy) is 1. The summed E-state index contributed by atoms with van der Waals surface area (Å²) in [6.07, 6.45) is 3.87. The van der Waals surface area contributed by atoms with Gasteiger partial charge in [0.25, 0.3) is 11.8 Å². The topological polar surface area (TPSA) is 93.2 Å². The van der Waals surface area contributed by atoms with Crippen molar-refractivity contribution < 1.29 is 14.3 Å². The third kappa shape index (κ3) is 4.86. The van der Waals surface area contributed by atoms with Crippen LogP contribution in [0.3, 0.4) is 0 Å². The van der Waals surface area contributed by atoms with Crippen molar-refractivity contribution in [2.75, 3.05) is 18.5 Å². The molecule has 8 heteroatoms. The molecule has 1 atom stereocenters. The number of aryl methyl sites for hydroxylation is 1. The number of anilines is 1. The lowest BCUT2D eigenvalue weighted by Crippen LogP contribution is -2.31. The van der Waals surface area contributed by atoms with Crippen molar-refractivity contribution in [2.24, 2.45) is 0 Å². The molecule has 0 unspecified atom stereocenters. The number of hydrogen-bond donors (Lipinski definition) is 2. The Kier molecular flexibility index (Phi) is 6.30. The maximum Gasteiger partial charge on any atom is 0.286 e. The Morgan fingerprint density at radius 3 is 2.96 bits per heavy atom. The van der Waals surface area contributed by atoms with E-state index < -0.39 is 0 Å². The summed E-state index contributed by atoms with van der Waals surface area (Å²) < 4.78 is 5.50. The fourth-order valence-corrected chi connectivity index (χ4v) is 3.53. The number of aromatic nitrogens is 2. The van der Waals surface area contributed by atoms with Crippen LogP contribution in [0.15, 0.2) is 24.3 Å². The molecular weight excluding hydrogens is 352 g/mol. The predicted molar refractivity (Wildman–Crippen MR) is 99.6 cm³/mol. The molecule has 26 heavy (non-hydrogen) atoms. The molecule has 2 aromatic rings. The van der Waals surface area contributed by atoms with Crippen LogP contribution in [-0.4, -0.2) is 41.3 Å². The number of amides is 2. The summed E-state index contributed by atoms with van der Waals surface area (Å²) in [6, 6.07) is 6.84. The first-order valence-electron chi connectivity index (χ1n) is 8.79. The molecule has 1 aromatic heterocycles. The number of rotatable bonds is 7. The molecule has 0 bridgehead atoms. The molecule has 2 heterocycles. The van der Waals surface area contributed by atoms with Gasteiger partial charge in [-0.05, 0) is 37.5 Å². The first-order chi connectivity index (χ1) is 12.7. The normalized spacial score (nSPS) is 16.4. The Bertz CT molecular complexity index is 771. The molecule has 1 saturated heterocycles. The number of benzene rings is 1. The van der Waals surface area contributed by atoms with Crippen LogP contribution in [0.25, 0.3) is 0 Å². The van der Waals surface area contributed by atoms with Crippen LogP contribution in [0.5, 0.6) is 0 Å². The van der Waals surface area contributed by atoms with Crippen LogP contribution < -0.4 is 10.6 Å². The highest BCUT2D eigenvalue weighted by molar-refractivity contribution is 7.13. The summed E-state index contributed by atoms with van der Waals surface area (Å²) >= 11 is 1.29. The van der Waals surface area contributed by atoms with Gasteiger partial charge < -0.3 is 15.4 Å². The van der Waals surface area contributed by atoms with E-state index in [4.69, 9.17) is 4.74 Å². The van der Waals surface area contributed by atoms with Crippen LogP contribution in [0.1, 0.15) is 51.4 Å². The van der Waals surface area contributed by atoms with E-state index in [0.29, 0.717) is 22.8 Å². The number of hydrogen-bond acceptors (Lipinski definition) is 6. The molecule has 0 aliphatic carbocycles. The number of carbonyl (C=O) groups excluding carboxylic acids is 2. The second kappa shape index (κ2) is 8.86. The van der Waals surface area contributed by atoms with E-state index in [0.717, 1.165) is 37.3 Å². The van der Waals surface area contributed by atoms with Gasteiger partial charge >= 0.3 is 0 Å². The Hall–Kier alpha value is -2.32. The lowest BCUT2D eigenvalue weighted by molar-refractivity contribution is 0.0857. The molecule has 1 aliphatic heterocycles. The minimum Gasteiger partial charge on any atom is -0.376 e. The van der Waals surface area contributed by atoms with E-state index in [1.165, 1.54) is 11.3 Å². The average Bonchev–Trinajstić information content (AvgIpc) is 3.32. The van der Waals surface area contributed by atoms with Gasteiger partial charge in [0, 0.05) is 30.8 Å². The molecule has 2 amide bonds. The van der Waals surface area contributed by atoms with Crippen LogP contribution in [-0.2, 0) is 11.2 Å². The zero-order chi connectivity index (χ0) is 18.4. The maximum atomic E-state index is 12.3. The van der Waals surface area contributed by atoms with Gasteiger partial charge in [-0.3, -0.25) is 9.59 Å². The molecule has 1 aromatic carbocycles. The molecular formula is C18H22N4O3S. The summed E-state index contributed by atoms with van der Waals surface area (Å²) in [7, 11) is 0. The summed E-state index contributed by atoms with van der Waals surface area (Å²) in [5, 5.41) is 14.7. The van der Waals surface area contributed by atoms with Gasteiger partial charge in [-0.25, -0.2) is 0 Å². The molecule has 0 saturated carbocycles. The van der Waals surface area contributed by atoms with Crippen molar-refractivity contribution in [1.29, 1.82) is 0 Å².